The zero-order valence-electron chi connectivity index (χ0n) is 13.0. The van der Waals surface area contributed by atoms with Crippen LogP contribution in [0.3, 0.4) is 0 Å². The normalized spacial score (nSPS) is 13.2. The molecule has 5 heteroatoms. The highest BCUT2D eigenvalue weighted by Crippen LogP contribution is 2.24. The van der Waals surface area contributed by atoms with Crippen LogP contribution in [0.2, 0.25) is 0 Å². The van der Waals surface area contributed by atoms with Gasteiger partial charge in [0.15, 0.2) is 0 Å². The van der Waals surface area contributed by atoms with E-state index in [4.69, 9.17) is 5.11 Å². The van der Waals surface area contributed by atoms with Crippen molar-refractivity contribution < 1.29 is 14.7 Å². The number of carboxylic acid groups (broad SMARTS) is 1. The molecule has 0 aromatic heterocycles. The van der Waals surface area contributed by atoms with Gasteiger partial charge >= 0.3 is 12.0 Å². The van der Waals surface area contributed by atoms with Gasteiger partial charge in [0.05, 0.1) is 0 Å². The van der Waals surface area contributed by atoms with Crippen molar-refractivity contribution in [1.82, 2.24) is 10.2 Å². The van der Waals surface area contributed by atoms with Crippen molar-refractivity contribution in [2.45, 2.75) is 41.5 Å². The van der Waals surface area contributed by atoms with Crippen LogP contribution in [0, 0.1) is 17.3 Å². The van der Waals surface area contributed by atoms with Crippen LogP contribution in [0.15, 0.2) is 0 Å². The molecule has 1 unspecified atom stereocenters. The van der Waals surface area contributed by atoms with E-state index in [9.17, 15) is 9.59 Å². The molecule has 19 heavy (non-hydrogen) atoms. The van der Waals surface area contributed by atoms with Crippen LogP contribution >= 0.6 is 0 Å². The smallest absolute Gasteiger partial charge is 0.323 e. The Morgan fingerprint density at radius 1 is 1.21 bits per heavy atom. The van der Waals surface area contributed by atoms with Crippen molar-refractivity contribution in [2.75, 3.05) is 19.6 Å². The molecule has 0 spiro atoms. The molecule has 0 aromatic rings. The Morgan fingerprint density at radius 2 is 1.74 bits per heavy atom. The minimum absolute atomic E-state index is 0.114. The maximum absolute atomic E-state index is 12.0. The van der Waals surface area contributed by atoms with Crippen LogP contribution in [0.5, 0.6) is 0 Å². The summed E-state index contributed by atoms with van der Waals surface area (Å²) in [5, 5.41) is 11.7. The fourth-order valence-corrected chi connectivity index (χ4v) is 1.48. The summed E-state index contributed by atoms with van der Waals surface area (Å²) in [6, 6.07) is -0.299. The molecule has 0 rings (SSSR count). The Kier molecular flexibility index (Phi) is 6.87. The second-order valence-corrected chi connectivity index (χ2v) is 6.62. The van der Waals surface area contributed by atoms with Gasteiger partial charge in [-0.15, -0.1) is 0 Å². The summed E-state index contributed by atoms with van der Waals surface area (Å²) in [4.78, 5) is 24.1. The molecule has 2 N–H and O–H groups in total. The largest absolute Gasteiger partial charge is 0.480 e. The van der Waals surface area contributed by atoms with Gasteiger partial charge in [-0.25, -0.2) is 4.79 Å². The van der Waals surface area contributed by atoms with E-state index in [-0.39, 0.29) is 23.9 Å². The van der Waals surface area contributed by atoms with Gasteiger partial charge in [0.25, 0.3) is 0 Å². The van der Waals surface area contributed by atoms with Crippen LogP contribution in [-0.4, -0.2) is 41.6 Å². The van der Waals surface area contributed by atoms with E-state index in [1.54, 1.807) is 0 Å². The van der Waals surface area contributed by atoms with Gasteiger partial charge in [-0.3, -0.25) is 4.79 Å². The highest BCUT2D eigenvalue weighted by molar-refractivity contribution is 5.80. The molecular formula is C14H28N2O3. The molecule has 0 heterocycles. The average Bonchev–Trinajstić information content (AvgIpc) is 2.21. The summed E-state index contributed by atoms with van der Waals surface area (Å²) in [5.74, 6) is -0.424. The third kappa shape index (κ3) is 7.70. The van der Waals surface area contributed by atoms with E-state index in [1.807, 2.05) is 13.8 Å². The molecule has 1 atom stereocenters. The number of carbonyl (C=O) groups is 2. The first-order valence-corrected chi connectivity index (χ1v) is 6.78. The molecule has 0 saturated carbocycles. The summed E-state index contributed by atoms with van der Waals surface area (Å²) < 4.78 is 0. The fraction of sp³-hybridized carbons (Fsp3) is 0.857. The molecule has 0 fully saturated rings. The monoisotopic (exact) mass is 272 g/mol. The van der Waals surface area contributed by atoms with Gasteiger partial charge in [-0.2, -0.15) is 0 Å². The molecule has 0 aromatic carbocycles. The summed E-state index contributed by atoms with van der Waals surface area (Å²) in [7, 11) is 0. The number of nitrogens with zero attached hydrogens (tertiary/aromatic N) is 1. The SMILES string of the molecule is CC(C)CN(CC(=O)O)C(=O)NCC(C)C(C)(C)C. The first kappa shape index (κ1) is 17.7. The van der Waals surface area contributed by atoms with Crippen molar-refractivity contribution in [2.24, 2.45) is 17.3 Å². The maximum Gasteiger partial charge on any atom is 0.323 e. The predicted molar refractivity (Wildman–Crippen MR) is 76.1 cm³/mol. The molecule has 0 bridgehead atoms. The zero-order chi connectivity index (χ0) is 15.2. The van der Waals surface area contributed by atoms with Crippen molar-refractivity contribution in [1.29, 1.82) is 0 Å². The summed E-state index contributed by atoms with van der Waals surface area (Å²) in [5.41, 5.74) is 0.114. The molecular weight excluding hydrogens is 244 g/mol. The summed E-state index contributed by atoms with van der Waals surface area (Å²) in [6.45, 7) is 13.1. The predicted octanol–water partition coefficient (Wildman–Crippen LogP) is 2.42. The van der Waals surface area contributed by atoms with Crippen LogP contribution in [-0.2, 0) is 4.79 Å². The van der Waals surface area contributed by atoms with E-state index < -0.39 is 5.97 Å². The number of amides is 2. The van der Waals surface area contributed by atoms with E-state index in [0.29, 0.717) is 19.0 Å². The lowest BCUT2D eigenvalue weighted by Crippen LogP contribution is -2.46. The van der Waals surface area contributed by atoms with E-state index in [0.717, 1.165) is 0 Å². The number of rotatable bonds is 6. The molecule has 0 aliphatic rings. The van der Waals surface area contributed by atoms with Gasteiger partial charge in [-0.05, 0) is 17.3 Å². The van der Waals surface area contributed by atoms with Crippen molar-refractivity contribution in [3.05, 3.63) is 0 Å². The highest BCUT2D eigenvalue weighted by Gasteiger charge is 2.22. The Labute approximate surface area is 116 Å². The molecule has 0 saturated heterocycles. The number of aliphatic carboxylic acids is 1. The third-order valence-electron chi connectivity index (χ3n) is 3.24. The van der Waals surface area contributed by atoms with Crippen molar-refractivity contribution in [3.8, 4) is 0 Å². The standard InChI is InChI=1S/C14H28N2O3/c1-10(2)8-16(9-12(17)18)13(19)15-7-11(3)14(4,5)6/h10-11H,7-9H2,1-6H3,(H,15,19)(H,17,18). The topological polar surface area (TPSA) is 69.6 Å². The number of hydrogen-bond donors (Lipinski definition) is 2. The van der Waals surface area contributed by atoms with Gasteiger partial charge in [0.2, 0.25) is 0 Å². The fourth-order valence-electron chi connectivity index (χ4n) is 1.48. The Hall–Kier alpha value is -1.26. The number of urea groups is 1. The third-order valence-corrected chi connectivity index (χ3v) is 3.24. The maximum atomic E-state index is 12.0. The number of carboxylic acids is 1. The summed E-state index contributed by atoms with van der Waals surface area (Å²) in [6.07, 6.45) is 0. The van der Waals surface area contributed by atoms with Crippen molar-refractivity contribution >= 4 is 12.0 Å². The number of nitrogens with one attached hydrogen (secondary N) is 1. The highest BCUT2D eigenvalue weighted by atomic mass is 16.4. The minimum atomic E-state index is -0.986. The zero-order valence-corrected chi connectivity index (χ0v) is 13.0. The van der Waals surface area contributed by atoms with Gasteiger partial charge in [-0.1, -0.05) is 41.5 Å². The van der Waals surface area contributed by atoms with Crippen molar-refractivity contribution in [3.63, 3.8) is 0 Å². The Morgan fingerprint density at radius 3 is 2.11 bits per heavy atom. The molecule has 0 aliphatic heterocycles. The number of carbonyl (C=O) groups excluding carboxylic acids is 1. The van der Waals surface area contributed by atoms with Crippen LogP contribution in [0.25, 0.3) is 0 Å². The molecule has 0 radical (unpaired) electrons. The molecule has 0 aliphatic carbocycles. The van der Waals surface area contributed by atoms with Gasteiger partial charge in [0, 0.05) is 13.1 Å². The first-order chi connectivity index (χ1) is 8.54. The van der Waals surface area contributed by atoms with Crippen LogP contribution in [0.1, 0.15) is 41.5 Å². The second-order valence-electron chi connectivity index (χ2n) is 6.62. The average molecular weight is 272 g/mol. The van der Waals surface area contributed by atoms with Crippen LogP contribution in [0.4, 0.5) is 4.79 Å². The minimum Gasteiger partial charge on any atom is -0.480 e. The first-order valence-electron chi connectivity index (χ1n) is 6.78. The van der Waals surface area contributed by atoms with E-state index in [1.165, 1.54) is 4.90 Å². The van der Waals surface area contributed by atoms with E-state index in [2.05, 4.69) is 33.0 Å². The van der Waals surface area contributed by atoms with Gasteiger partial charge < -0.3 is 15.3 Å². The van der Waals surface area contributed by atoms with E-state index >= 15 is 0 Å². The number of hydrogen-bond acceptors (Lipinski definition) is 2. The Balaban J connectivity index is 4.43. The lowest BCUT2D eigenvalue weighted by atomic mass is 9.82. The molecule has 2 amide bonds. The summed E-state index contributed by atoms with van der Waals surface area (Å²) >= 11 is 0. The lowest BCUT2D eigenvalue weighted by Gasteiger charge is -2.29. The molecule has 112 valence electrons. The quantitative estimate of drug-likeness (QED) is 0.780. The van der Waals surface area contributed by atoms with Gasteiger partial charge in [0.1, 0.15) is 6.54 Å². The van der Waals surface area contributed by atoms with Crippen LogP contribution < -0.4 is 5.32 Å². The molecule has 5 nitrogen and oxygen atoms in total. The second kappa shape index (κ2) is 7.36. The Bertz CT molecular complexity index is 308. The lowest BCUT2D eigenvalue weighted by molar-refractivity contribution is -0.137.